The van der Waals surface area contributed by atoms with Crippen LogP contribution < -0.4 is 20.7 Å². The maximum absolute atomic E-state index is 12.2. The summed E-state index contributed by atoms with van der Waals surface area (Å²) in [7, 11) is 0. The Morgan fingerprint density at radius 2 is 1.88 bits per heavy atom. The van der Waals surface area contributed by atoms with Crippen LogP contribution in [-0.4, -0.2) is 37.6 Å². The van der Waals surface area contributed by atoms with Crippen LogP contribution in [0.1, 0.15) is 23.2 Å². The van der Waals surface area contributed by atoms with Crippen molar-refractivity contribution in [2.24, 2.45) is 5.73 Å². The van der Waals surface area contributed by atoms with E-state index in [2.05, 4.69) is 5.32 Å². The molecule has 0 aromatic heterocycles. The van der Waals surface area contributed by atoms with E-state index in [0.717, 1.165) is 18.7 Å². The Morgan fingerprint density at radius 1 is 1.15 bits per heavy atom. The number of nitrogens with zero attached hydrogens (tertiary/aromatic N) is 1. The second kappa shape index (κ2) is 8.49. The lowest BCUT2D eigenvalue weighted by atomic mass is 10.2. The number of benzene rings is 2. The first-order valence-electron chi connectivity index (χ1n) is 8.75. The van der Waals surface area contributed by atoms with E-state index in [4.69, 9.17) is 10.5 Å². The highest BCUT2D eigenvalue weighted by atomic mass is 16.5. The van der Waals surface area contributed by atoms with E-state index in [1.54, 1.807) is 24.3 Å². The van der Waals surface area contributed by atoms with Gasteiger partial charge >= 0.3 is 0 Å². The van der Waals surface area contributed by atoms with Gasteiger partial charge in [0.1, 0.15) is 5.75 Å². The molecule has 2 aromatic carbocycles. The first-order chi connectivity index (χ1) is 12.6. The molecule has 0 unspecified atom stereocenters. The van der Waals surface area contributed by atoms with Crippen LogP contribution in [0, 0.1) is 0 Å². The van der Waals surface area contributed by atoms with Crippen LogP contribution in [0.25, 0.3) is 0 Å². The Bertz CT molecular complexity index is 747. The van der Waals surface area contributed by atoms with Gasteiger partial charge in [0.05, 0.1) is 6.61 Å². The molecule has 2 amide bonds. The van der Waals surface area contributed by atoms with Crippen molar-refractivity contribution in [3.05, 3.63) is 60.2 Å². The molecular weight excluding hydrogens is 330 g/mol. The molecule has 1 aliphatic heterocycles. The fraction of sp³-hybridized carbons (Fsp3) is 0.300. The van der Waals surface area contributed by atoms with E-state index < -0.39 is 5.91 Å². The van der Waals surface area contributed by atoms with Crippen LogP contribution >= 0.6 is 0 Å². The molecule has 6 nitrogen and oxygen atoms in total. The van der Waals surface area contributed by atoms with Gasteiger partial charge in [0.15, 0.2) is 0 Å². The molecule has 2 aromatic rings. The number of carbonyl (C=O) groups is 2. The maximum atomic E-state index is 12.2. The predicted octanol–water partition coefficient (Wildman–Crippen LogP) is 1.95. The van der Waals surface area contributed by atoms with Crippen molar-refractivity contribution in [2.45, 2.75) is 18.9 Å². The van der Waals surface area contributed by atoms with E-state index in [0.29, 0.717) is 30.9 Å². The summed E-state index contributed by atoms with van der Waals surface area (Å²) in [5, 5.41) is 3.42. The summed E-state index contributed by atoms with van der Waals surface area (Å²) < 4.78 is 5.65. The third-order valence-electron chi connectivity index (χ3n) is 4.35. The van der Waals surface area contributed by atoms with Gasteiger partial charge < -0.3 is 20.7 Å². The number of rotatable bonds is 8. The van der Waals surface area contributed by atoms with E-state index in [-0.39, 0.29) is 11.9 Å². The number of nitrogens with one attached hydrogen (secondary N) is 1. The molecule has 6 heteroatoms. The lowest BCUT2D eigenvalue weighted by Crippen LogP contribution is -2.33. The molecule has 1 atom stereocenters. The number of nitrogens with two attached hydrogens (primary N) is 1. The molecule has 1 aliphatic rings. The number of anilines is 1. The van der Waals surface area contributed by atoms with Crippen molar-refractivity contribution in [2.75, 3.05) is 24.6 Å². The quantitative estimate of drug-likeness (QED) is 0.711. The van der Waals surface area contributed by atoms with Gasteiger partial charge in [0.2, 0.25) is 11.8 Å². The van der Waals surface area contributed by atoms with Gasteiger partial charge in [-0.1, -0.05) is 18.2 Å². The van der Waals surface area contributed by atoms with Gasteiger partial charge in [-0.05, 0) is 49.4 Å². The lowest BCUT2D eigenvalue weighted by Gasteiger charge is -2.17. The number of carbonyl (C=O) groups excluding carboxylic acids is 2. The minimum atomic E-state index is -0.448. The standard InChI is InChI=1S/C20H23N3O3/c21-20(25)15-7-9-18(10-8-15)26-12-4-11-22-16-13-19(24)23(14-16)17-5-2-1-3-6-17/h1-3,5-10,16,22H,4,11-14H2,(H2,21,25)/t16-/m0/s1. The summed E-state index contributed by atoms with van der Waals surface area (Å²) in [4.78, 5) is 25.0. The number of hydrogen-bond donors (Lipinski definition) is 2. The maximum Gasteiger partial charge on any atom is 0.248 e. The Kier molecular flexibility index (Phi) is 5.86. The monoisotopic (exact) mass is 353 g/mol. The van der Waals surface area contributed by atoms with Crippen molar-refractivity contribution >= 4 is 17.5 Å². The van der Waals surface area contributed by atoms with Crippen LogP contribution in [0.4, 0.5) is 5.69 Å². The summed E-state index contributed by atoms with van der Waals surface area (Å²) >= 11 is 0. The van der Waals surface area contributed by atoms with Crippen LogP contribution in [0.15, 0.2) is 54.6 Å². The van der Waals surface area contributed by atoms with E-state index in [1.807, 2.05) is 35.2 Å². The molecule has 0 spiro atoms. The average molecular weight is 353 g/mol. The second-order valence-corrected chi connectivity index (χ2v) is 6.29. The molecule has 0 radical (unpaired) electrons. The summed E-state index contributed by atoms with van der Waals surface area (Å²) in [6.45, 7) is 2.03. The van der Waals surface area contributed by atoms with Crippen molar-refractivity contribution in [1.29, 1.82) is 0 Å². The number of para-hydroxylation sites is 1. The molecule has 3 rings (SSSR count). The highest BCUT2D eigenvalue weighted by molar-refractivity contribution is 5.96. The van der Waals surface area contributed by atoms with Crippen molar-refractivity contribution in [3.63, 3.8) is 0 Å². The molecule has 136 valence electrons. The summed E-state index contributed by atoms with van der Waals surface area (Å²) in [5.74, 6) is 0.414. The Balaban J connectivity index is 1.36. The molecule has 0 bridgehead atoms. The number of ether oxygens (including phenoxy) is 1. The van der Waals surface area contributed by atoms with Crippen molar-refractivity contribution in [1.82, 2.24) is 5.32 Å². The fourth-order valence-corrected chi connectivity index (χ4v) is 2.99. The van der Waals surface area contributed by atoms with Gasteiger partial charge in [-0.3, -0.25) is 9.59 Å². The third kappa shape index (κ3) is 4.61. The third-order valence-corrected chi connectivity index (χ3v) is 4.35. The topological polar surface area (TPSA) is 84.7 Å². The number of hydrogen-bond acceptors (Lipinski definition) is 4. The summed E-state index contributed by atoms with van der Waals surface area (Å²) in [5.41, 5.74) is 6.62. The lowest BCUT2D eigenvalue weighted by molar-refractivity contribution is -0.117. The van der Waals surface area contributed by atoms with Crippen molar-refractivity contribution in [3.8, 4) is 5.75 Å². The van der Waals surface area contributed by atoms with E-state index in [1.165, 1.54) is 0 Å². The van der Waals surface area contributed by atoms with Crippen LogP contribution in [0.2, 0.25) is 0 Å². The predicted molar refractivity (Wildman–Crippen MR) is 100 cm³/mol. The molecule has 26 heavy (non-hydrogen) atoms. The highest BCUT2D eigenvalue weighted by Crippen LogP contribution is 2.21. The van der Waals surface area contributed by atoms with Gasteiger partial charge in [0.25, 0.3) is 0 Å². The highest BCUT2D eigenvalue weighted by Gasteiger charge is 2.29. The Morgan fingerprint density at radius 3 is 2.58 bits per heavy atom. The van der Waals surface area contributed by atoms with Crippen molar-refractivity contribution < 1.29 is 14.3 Å². The molecule has 1 fully saturated rings. The van der Waals surface area contributed by atoms with Crippen LogP contribution in [-0.2, 0) is 4.79 Å². The minimum Gasteiger partial charge on any atom is -0.494 e. The smallest absolute Gasteiger partial charge is 0.248 e. The molecule has 0 saturated carbocycles. The second-order valence-electron chi connectivity index (χ2n) is 6.29. The average Bonchev–Trinajstić information content (AvgIpc) is 3.03. The zero-order chi connectivity index (χ0) is 18.4. The fourth-order valence-electron chi connectivity index (χ4n) is 2.99. The largest absolute Gasteiger partial charge is 0.494 e. The van der Waals surface area contributed by atoms with E-state index in [9.17, 15) is 9.59 Å². The number of primary amides is 1. The summed E-state index contributed by atoms with van der Waals surface area (Å²) in [6, 6.07) is 16.7. The number of amides is 2. The molecule has 1 heterocycles. The first kappa shape index (κ1) is 17.9. The Hall–Kier alpha value is -2.86. The minimum absolute atomic E-state index is 0.152. The zero-order valence-electron chi connectivity index (χ0n) is 14.6. The Labute approximate surface area is 152 Å². The van der Waals surface area contributed by atoms with Crippen LogP contribution in [0.3, 0.4) is 0 Å². The first-order valence-corrected chi connectivity index (χ1v) is 8.75. The zero-order valence-corrected chi connectivity index (χ0v) is 14.6. The van der Waals surface area contributed by atoms with Crippen LogP contribution in [0.5, 0.6) is 5.75 Å². The molecule has 1 saturated heterocycles. The molecule has 0 aliphatic carbocycles. The van der Waals surface area contributed by atoms with Gasteiger partial charge in [0, 0.05) is 30.3 Å². The normalized spacial score (nSPS) is 16.7. The van der Waals surface area contributed by atoms with Gasteiger partial charge in [-0.15, -0.1) is 0 Å². The SMILES string of the molecule is NC(=O)c1ccc(OCCCN[C@H]2CC(=O)N(c3ccccc3)C2)cc1. The van der Waals surface area contributed by atoms with Gasteiger partial charge in [-0.25, -0.2) is 0 Å². The molecule has 3 N–H and O–H groups in total. The molecular formula is C20H23N3O3. The van der Waals surface area contributed by atoms with Gasteiger partial charge in [-0.2, -0.15) is 0 Å². The van der Waals surface area contributed by atoms with E-state index >= 15 is 0 Å². The summed E-state index contributed by atoms with van der Waals surface area (Å²) in [6.07, 6.45) is 1.35.